The van der Waals surface area contributed by atoms with E-state index in [0.717, 1.165) is 0 Å². The topological polar surface area (TPSA) is 73.1 Å². The van der Waals surface area contributed by atoms with Crippen molar-refractivity contribution in [2.24, 2.45) is 0 Å². The van der Waals surface area contributed by atoms with Gasteiger partial charge in [-0.3, -0.25) is 0 Å². The van der Waals surface area contributed by atoms with E-state index in [4.69, 9.17) is 8.42 Å². The van der Waals surface area contributed by atoms with Crippen LogP contribution >= 0.6 is 0 Å². The van der Waals surface area contributed by atoms with Crippen LogP contribution < -0.4 is 0 Å². The second kappa shape index (κ2) is 5.96. The van der Waals surface area contributed by atoms with Crippen LogP contribution in [0.25, 0.3) is 0 Å². The highest BCUT2D eigenvalue weighted by atomic mass is 32.1. The van der Waals surface area contributed by atoms with Crippen molar-refractivity contribution in [3.8, 4) is 0 Å². The third-order valence-electron chi connectivity index (χ3n) is 0.283. The lowest BCUT2D eigenvalue weighted by molar-refractivity contribution is 0.553. The average Bonchev–Trinajstić information content (AvgIpc) is 2.17. The van der Waals surface area contributed by atoms with Gasteiger partial charge in [0.2, 0.25) is 12.8 Å². The van der Waals surface area contributed by atoms with Crippen molar-refractivity contribution in [1.29, 1.82) is 0 Å². The van der Waals surface area contributed by atoms with Crippen molar-refractivity contribution in [2.45, 2.75) is 0 Å². The van der Waals surface area contributed by atoms with Gasteiger partial charge in [0.05, 0.1) is 0 Å². The largest absolute Gasteiger partial charge is 0.431 e. The predicted octanol–water partition coefficient (Wildman–Crippen LogP) is -0.601. The molecule has 0 amide bonds. The first kappa shape index (κ1) is 6.96. The van der Waals surface area contributed by atoms with E-state index in [-0.39, 0.29) is 0 Å². The van der Waals surface area contributed by atoms with E-state index >= 15 is 0 Å². The SMILES string of the molecule is O=S=O.c1nnco1. The molecule has 0 bridgehead atoms. The van der Waals surface area contributed by atoms with Crippen LogP contribution in [-0.4, -0.2) is 18.6 Å². The standard InChI is InChI=1S/C2H2N2O.O2S/c1-3-4-2-5-1;1-3-2/h1-2H;. The molecule has 0 aliphatic rings. The molecule has 0 unspecified atom stereocenters. The summed E-state index contributed by atoms with van der Waals surface area (Å²) >= 11 is -0.750. The molecule has 0 radical (unpaired) electrons. The van der Waals surface area contributed by atoms with Gasteiger partial charge in [-0.05, 0) is 0 Å². The zero-order valence-electron chi connectivity index (χ0n) is 3.68. The Morgan fingerprint density at radius 1 is 1.25 bits per heavy atom. The van der Waals surface area contributed by atoms with Crippen LogP contribution in [-0.2, 0) is 11.6 Å². The molecule has 0 aliphatic heterocycles. The summed E-state index contributed by atoms with van der Waals surface area (Å²) in [6, 6.07) is 0. The summed E-state index contributed by atoms with van der Waals surface area (Å²) in [7, 11) is 0. The second-order valence-corrected chi connectivity index (χ2v) is 0.782. The summed E-state index contributed by atoms with van der Waals surface area (Å²) in [5.74, 6) is 0. The van der Waals surface area contributed by atoms with Gasteiger partial charge in [0.15, 0.2) is 0 Å². The molecule has 0 N–H and O–H groups in total. The fourth-order valence-corrected chi connectivity index (χ4v) is 0.136. The van der Waals surface area contributed by atoms with E-state index in [2.05, 4.69) is 14.6 Å². The van der Waals surface area contributed by atoms with Crippen molar-refractivity contribution >= 4 is 11.6 Å². The van der Waals surface area contributed by atoms with E-state index in [1.165, 1.54) is 12.8 Å². The van der Waals surface area contributed by atoms with Crippen molar-refractivity contribution in [1.82, 2.24) is 10.2 Å². The molecule has 44 valence electrons. The highest BCUT2D eigenvalue weighted by Crippen LogP contribution is 1.64. The van der Waals surface area contributed by atoms with E-state index in [0.29, 0.717) is 0 Å². The smallest absolute Gasteiger partial charge is 0.335 e. The molecular weight excluding hydrogens is 132 g/mol. The molecule has 1 aromatic rings. The summed E-state index contributed by atoms with van der Waals surface area (Å²) in [5.41, 5.74) is 0. The summed E-state index contributed by atoms with van der Waals surface area (Å²) in [6.07, 6.45) is 2.53. The fraction of sp³-hybridized carbons (Fsp3) is 0. The number of hydrogen-bond acceptors (Lipinski definition) is 5. The molecular formula is C2H2N2O3S. The van der Waals surface area contributed by atoms with Gasteiger partial charge in [0.25, 0.3) is 0 Å². The Bertz CT molecular complexity index is 127. The van der Waals surface area contributed by atoms with Crippen LogP contribution in [0.4, 0.5) is 0 Å². The molecule has 0 spiro atoms. The molecule has 6 heteroatoms. The molecule has 0 saturated carbocycles. The van der Waals surface area contributed by atoms with E-state index in [1.807, 2.05) is 0 Å². The number of hydrogen-bond donors (Lipinski definition) is 0. The quantitative estimate of drug-likeness (QED) is 0.473. The molecule has 1 rings (SSSR count). The molecule has 0 aliphatic carbocycles. The zero-order valence-corrected chi connectivity index (χ0v) is 4.50. The lowest BCUT2D eigenvalue weighted by Gasteiger charge is -1.44. The van der Waals surface area contributed by atoms with E-state index in [1.54, 1.807) is 0 Å². The first-order chi connectivity index (χ1) is 3.91. The van der Waals surface area contributed by atoms with Gasteiger partial charge >= 0.3 is 11.6 Å². The van der Waals surface area contributed by atoms with Gasteiger partial charge in [0, 0.05) is 0 Å². The van der Waals surface area contributed by atoms with Crippen molar-refractivity contribution in [3.63, 3.8) is 0 Å². The number of nitrogens with zero attached hydrogens (tertiary/aromatic N) is 2. The highest BCUT2D eigenvalue weighted by Gasteiger charge is 1.60. The molecule has 1 aromatic heterocycles. The van der Waals surface area contributed by atoms with Gasteiger partial charge in [-0.15, -0.1) is 10.2 Å². The minimum Gasteiger partial charge on any atom is -0.431 e. The van der Waals surface area contributed by atoms with Crippen LogP contribution in [0.1, 0.15) is 0 Å². The first-order valence-corrected chi connectivity index (χ1v) is 2.19. The Labute approximate surface area is 48.3 Å². The van der Waals surface area contributed by atoms with Gasteiger partial charge in [-0.1, -0.05) is 0 Å². The summed E-state index contributed by atoms with van der Waals surface area (Å²) in [5, 5.41) is 6.61. The molecule has 0 atom stereocenters. The van der Waals surface area contributed by atoms with Crippen LogP contribution in [0.5, 0.6) is 0 Å². The maximum Gasteiger partial charge on any atom is 0.335 e. The average molecular weight is 134 g/mol. The third-order valence-corrected chi connectivity index (χ3v) is 0.283. The molecule has 5 nitrogen and oxygen atoms in total. The number of rotatable bonds is 0. The van der Waals surface area contributed by atoms with Crippen LogP contribution in [0.3, 0.4) is 0 Å². The summed E-state index contributed by atoms with van der Waals surface area (Å²) in [6.45, 7) is 0. The minimum absolute atomic E-state index is 0.750. The Morgan fingerprint density at radius 3 is 1.75 bits per heavy atom. The molecule has 0 fully saturated rings. The lowest BCUT2D eigenvalue weighted by atomic mass is 11.5. The predicted molar refractivity (Wildman–Crippen MR) is 23.2 cm³/mol. The second-order valence-electron chi connectivity index (χ2n) is 0.646. The fourth-order valence-electron chi connectivity index (χ4n) is 0.136. The van der Waals surface area contributed by atoms with Crippen molar-refractivity contribution < 1.29 is 12.8 Å². The summed E-state index contributed by atoms with van der Waals surface area (Å²) < 4.78 is 20.9. The Kier molecular flexibility index (Phi) is 5.19. The van der Waals surface area contributed by atoms with E-state index < -0.39 is 11.6 Å². The third kappa shape index (κ3) is 4.96. The maximum atomic E-state index is 8.29. The van der Waals surface area contributed by atoms with Crippen molar-refractivity contribution in [2.75, 3.05) is 0 Å². The highest BCUT2D eigenvalue weighted by molar-refractivity contribution is 7.51. The number of aromatic nitrogens is 2. The van der Waals surface area contributed by atoms with Gasteiger partial charge in [0.1, 0.15) is 0 Å². The monoisotopic (exact) mass is 134 g/mol. The Balaban J connectivity index is 0.000000145. The Morgan fingerprint density at radius 2 is 1.62 bits per heavy atom. The van der Waals surface area contributed by atoms with Crippen LogP contribution in [0, 0.1) is 0 Å². The molecule has 8 heavy (non-hydrogen) atoms. The lowest BCUT2D eigenvalue weighted by Crippen LogP contribution is -1.53. The summed E-state index contributed by atoms with van der Waals surface area (Å²) in [4.78, 5) is 0. The van der Waals surface area contributed by atoms with Gasteiger partial charge in [-0.2, -0.15) is 8.42 Å². The minimum atomic E-state index is -0.750. The maximum absolute atomic E-state index is 8.29. The normalized spacial score (nSPS) is 6.50. The molecule has 1 heterocycles. The van der Waals surface area contributed by atoms with E-state index in [9.17, 15) is 0 Å². The van der Waals surface area contributed by atoms with Crippen molar-refractivity contribution in [3.05, 3.63) is 12.8 Å². The zero-order chi connectivity index (χ0) is 6.24. The molecule has 0 aromatic carbocycles. The van der Waals surface area contributed by atoms with Gasteiger partial charge in [-0.25, -0.2) is 0 Å². The Hall–Kier alpha value is -1.04. The molecule has 0 saturated heterocycles. The van der Waals surface area contributed by atoms with Crippen LogP contribution in [0.2, 0.25) is 0 Å². The first-order valence-electron chi connectivity index (χ1n) is 1.52. The van der Waals surface area contributed by atoms with Crippen LogP contribution in [0.15, 0.2) is 17.2 Å². The van der Waals surface area contributed by atoms with Gasteiger partial charge < -0.3 is 4.42 Å².